The maximum atomic E-state index is 5.05. The molecule has 0 saturated carbocycles. The molecule has 7 heteroatoms. The maximum Gasteiger partial charge on any atom is 0.190 e. The summed E-state index contributed by atoms with van der Waals surface area (Å²) in [6.07, 6.45) is 2.12. The third kappa shape index (κ3) is 8.55. The number of guanidine groups is 1. The predicted molar refractivity (Wildman–Crippen MR) is 121 cm³/mol. The Morgan fingerprint density at radius 3 is 2.31 bits per heavy atom. The van der Waals surface area contributed by atoms with E-state index < -0.39 is 0 Å². The molecule has 1 aromatic rings. The Hall–Kier alpha value is -1.06. The molecule has 6 nitrogen and oxygen atoms in total. The van der Waals surface area contributed by atoms with Gasteiger partial charge in [0.2, 0.25) is 0 Å². The second-order valence-electron chi connectivity index (χ2n) is 6.29. The van der Waals surface area contributed by atoms with E-state index in [4.69, 9.17) is 4.74 Å². The minimum Gasteiger partial charge on any atom is -0.385 e. The molecule has 0 spiro atoms. The fraction of sp³-hybridized carbons (Fsp3) is 0.632. The van der Waals surface area contributed by atoms with Crippen LogP contribution in [0.1, 0.15) is 12.8 Å². The molecule has 1 aromatic carbocycles. The van der Waals surface area contributed by atoms with Gasteiger partial charge in [0.05, 0.1) is 0 Å². The number of rotatable bonds is 9. The van der Waals surface area contributed by atoms with Gasteiger partial charge in [-0.05, 0) is 31.5 Å². The first-order valence-electron chi connectivity index (χ1n) is 9.29. The molecule has 1 aliphatic heterocycles. The second-order valence-corrected chi connectivity index (χ2v) is 6.29. The van der Waals surface area contributed by atoms with Crippen molar-refractivity contribution < 1.29 is 4.74 Å². The average molecular weight is 475 g/mol. The Balaban J connectivity index is 0.00000338. The van der Waals surface area contributed by atoms with Crippen molar-refractivity contribution in [2.24, 2.45) is 4.99 Å². The van der Waals surface area contributed by atoms with E-state index in [-0.39, 0.29) is 24.0 Å². The molecule has 2 N–H and O–H groups in total. The summed E-state index contributed by atoms with van der Waals surface area (Å²) in [5.74, 6) is 0.880. The molecule has 0 amide bonds. The van der Waals surface area contributed by atoms with Gasteiger partial charge >= 0.3 is 0 Å². The highest BCUT2D eigenvalue weighted by molar-refractivity contribution is 14.0. The monoisotopic (exact) mass is 475 g/mol. The van der Waals surface area contributed by atoms with Crippen LogP contribution in [0.25, 0.3) is 0 Å². The van der Waals surface area contributed by atoms with Gasteiger partial charge in [-0.2, -0.15) is 0 Å². The van der Waals surface area contributed by atoms with Gasteiger partial charge in [-0.15, -0.1) is 24.0 Å². The summed E-state index contributed by atoms with van der Waals surface area (Å²) in [4.78, 5) is 9.27. The van der Waals surface area contributed by atoms with Gasteiger partial charge in [-0.1, -0.05) is 18.2 Å². The first-order chi connectivity index (χ1) is 12.3. The molecule has 0 atom stereocenters. The van der Waals surface area contributed by atoms with Crippen molar-refractivity contribution in [2.45, 2.75) is 12.8 Å². The summed E-state index contributed by atoms with van der Waals surface area (Å²) in [6, 6.07) is 10.7. The van der Waals surface area contributed by atoms with Gasteiger partial charge in [-0.3, -0.25) is 9.89 Å². The molecule has 148 valence electrons. The summed E-state index contributed by atoms with van der Waals surface area (Å²) >= 11 is 0. The SMILES string of the molecule is CN=C(NCCCOC)NCCCN1CCN(c2ccccc2)CC1.I. The third-order valence-corrected chi connectivity index (χ3v) is 4.48. The molecule has 26 heavy (non-hydrogen) atoms. The minimum absolute atomic E-state index is 0. The number of ether oxygens (including phenoxy) is 1. The zero-order valence-corrected chi connectivity index (χ0v) is 18.4. The fourth-order valence-corrected chi connectivity index (χ4v) is 3.02. The number of nitrogens with one attached hydrogen (secondary N) is 2. The van der Waals surface area contributed by atoms with Gasteiger partial charge in [0, 0.05) is 65.7 Å². The molecule has 1 saturated heterocycles. The van der Waals surface area contributed by atoms with Crippen LogP contribution in [0.15, 0.2) is 35.3 Å². The van der Waals surface area contributed by atoms with Crippen LogP contribution in [-0.4, -0.2) is 77.4 Å². The van der Waals surface area contributed by atoms with Crippen molar-refractivity contribution in [3.8, 4) is 0 Å². The Morgan fingerprint density at radius 1 is 1.04 bits per heavy atom. The lowest BCUT2D eigenvalue weighted by Crippen LogP contribution is -2.47. The number of nitrogens with zero attached hydrogens (tertiary/aromatic N) is 3. The van der Waals surface area contributed by atoms with E-state index in [9.17, 15) is 0 Å². The number of benzene rings is 1. The predicted octanol–water partition coefficient (Wildman–Crippen LogP) is 2.02. The van der Waals surface area contributed by atoms with Crippen LogP contribution in [0.4, 0.5) is 5.69 Å². The van der Waals surface area contributed by atoms with Gasteiger partial charge in [0.1, 0.15) is 0 Å². The molecule has 1 fully saturated rings. The zero-order chi connectivity index (χ0) is 17.7. The number of hydrogen-bond acceptors (Lipinski definition) is 4. The number of piperazine rings is 1. The van der Waals surface area contributed by atoms with Gasteiger partial charge < -0.3 is 20.3 Å². The summed E-state index contributed by atoms with van der Waals surface area (Å²) in [7, 11) is 3.54. The molecular formula is C19H34IN5O. The lowest BCUT2D eigenvalue weighted by atomic mass is 10.2. The van der Waals surface area contributed by atoms with Crippen molar-refractivity contribution >= 4 is 35.6 Å². The van der Waals surface area contributed by atoms with Gasteiger partial charge in [0.15, 0.2) is 5.96 Å². The van der Waals surface area contributed by atoms with Gasteiger partial charge in [0.25, 0.3) is 0 Å². The Bertz CT molecular complexity index is 492. The standard InChI is InChI=1S/C19H33N5O.HI/c1-20-19(22-11-7-17-25-2)21-10-6-12-23-13-15-24(16-14-23)18-8-4-3-5-9-18;/h3-5,8-9H,6-7,10-17H2,1-2H3,(H2,20,21,22);1H. The average Bonchev–Trinajstić information content (AvgIpc) is 2.68. The van der Waals surface area contributed by atoms with E-state index >= 15 is 0 Å². The van der Waals surface area contributed by atoms with Crippen molar-refractivity contribution in [1.29, 1.82) is 0 Å². The zero-order valence-electron chi connectivity index (χ0n) is 16.1. The Labute approximate surface area is 175 Å². The molecule has 1 aliphatic rings. The van der Waals surface area contributed by atoms with E-state index in [1.807, 2.05) is 7.05 Å². The van der Waals surface area contributed by atoms with E-state index in [0.717, 1.165) is 71.2 Å². The summed E-state index contributed by atoms with van der Waals surface area (Å²) < 4.78 is 5.05. The van der Waals surface area contributed by atoms with Crippen molar-refractivity contribution in [1.82, 2.24) is 15.5 Å². The van der Waals surface area contributed by atoms with E-state index in [0.29, 0.717) is 0 Å². The summed E-state index contributed by atoms with van der Waals surface area (Å²) in [6.45, 7) is 8.24. The topological polar surface area (TPSA) is 52.1 Å². The number of aliphatic imine (C=N–C) groups is 1. The number of methoxy groups -OCH3 is 1. The molecule has 0 bridgehead atoms. The number of anilines is 1. The molecule has 0 aromatic heterocycles. The molecule has 2 rings (SSSR count). The quantitative estimate of drug-likeness (QED) is 0.248. The van der Waals surface area contributed by atoms with Crippen LogP contribution in [0.5, 0.6) is 0 Å². The lowest BCUT2D eigenvalue weighted by Gasteiger charge is -2.36. The van der Waals surface area contributed by atoms with Crippen LogP contribution in [-0.2, 0) is 4.74 Å². The van der Waals surface area contributed by atoms with Crippen LogP contribution in [0.3, 0.4) is 0 Å². The van der Waals surface area contributed by atoms with Crippen molar-refractivity contribution in [3.63, 3.8) is 0 Å². The largest absolute Gasteiger partial charge is 0.385 e. The van der Waals surface area contributed by atoms with Crippen molar-refractivity contribution in [3.05, 3.63) is 30.3 Å². The number of hydrogen-bond donors (Lipinski definition) is 2. The van der Waals surface area contributed by atoms with E-state index in [2.05, 4.69) is 55.8 Å². The smallest absolute Gasteiger partial charge is 0.190 e. The van der Waals surface area contributed by atoms with Crippen LogP contribution >= 0.6 is 24.0 Å². The molecule has 0 radical (unpaired) electrons. The first-order valence-corrected chi connectivity index (χ1v) is 9.29. The highest BCUT2D eigenvalue weighted by Gasteiger charge is 2.16. The van der Waals surface area contributed by atoms with Crippen LogP contribution < -0.4 is 15.5 Å². The van der Waals surface area contributed by atoms with Gasteiger partial charge in [-0.25, -0.2) is 0 Å². The number of para-hydroxylation sites is 1. The second kappa shape index (κ2) is 14.1. The molecule has 0 unspecified atom stereocenters. The number of halogens is 1. The maximum absolute atomic E-state index is 5.05. The van der Waals surface area contributed by atoms with E-state index in [1.165, 1.54) is 5.69 Å². The van der Waals surface area contributed by atoms with Crippen molar-refractivity contribution in [2.75, 3.05) is 71.5 Å². The fourth-order valence-electron chi connectivity index (χ4n) is 3.02. The molecule has 0 aliphatic carbocycles. The Morgan fingerprint density at radius 2 is 1.69 bits per heavy atom. The van der Waals surface area contributed by atoms with Crippen LogP contribution in [0, 0.1) is 0 Å². The minimum atomic E-state index is 0. The van der Waals surface area contributed by atoms with E-state index in [1.54, 1.807) is 7.11 Å². The highest BCUT2D eigenvalue weighted by atomic mass is 127. The highest BCUT2D eigenvalue weighted by Crippen LogP contribution is 2.15. The lowest BCUT2D eigenvalue weighted by molar-refractivity contribution is 0.195. The molecular weight excluding hydrogens is 441 g/mol. The summed E-state index contributed by atoms with van der Waals surface area (Å²) in [5, 5.41) is 6.69. The normalized spacial score (nSPS) is 15.5. The molecule has 1 heterocycles. The third-order valence-electron chi connectivity index (χ3n) is 4.48. The summed E-state index contributed by atoms with van der Waals surface area (Å²) in [5.41, 5.74) is 1.34. The Kier molecular flexibility index (Phi) is 12.4. The van der Waals surface area contributed by atoms with Crippen LogP contribution in [0.2, 0.25) is 0 Å². The first kappa shape index (κ1) is 23.0.